The van der Waals surface area contributed by atoms with Gasteiger partial charge in [-0.05, 0) is 51.5 Å². The molecule has 2 atom stereocenters. The SMILES string of the molecule is CC(C)C(=O)C1CCC(CN(C)C(=O)c2cnc(N3C4CCC3CN(C)C4)nc2)CC1. The molecule has 170 valence electrons. The summed E-state index contributed by atoms with van der Waals surface area (Å²) in [5, 5.41) is 0. The van der Waals surface area contributed by atoms with E-state index in [4.69, 9.17) is 0 Å². The van der Waals surface area contributed by atoms with Crippen LogP contribution in [0.2, 0.25) is 0 Å². The third-order valence-electron chi connectivity index (χ3n) is 7.48. The third kappa shape index (κ3) is 4.76. The number of anilines is 1. The first-order valence-corrected chi connectivity index (χ1v) is 11.9. The maximum Gasteiger partial charge on any atom is 0.256 e. The largest absolute Gasteiger partial charge is 0.341 e. The van der Waals surface area contributed by atoms with Crippen LogP contribution >= 0.6 is 0 Å². The fourth-order valence-electron chi connectivity index (χ4n) is 5.80. The summed E-state index contributed by atoms with van der Waals surface area (Å²) < 4.78 is 0. The van der Waals surface area contributed by atoms with Crippen molar-refractivity contribution in [2.75, 3.05) is 38.6 Å². The second-order valence-corrected chi connectivity index (χ2v) is 10.2. The third-order valence-corrected chi connectivity index (χ3v) is 7.48. The summed E-state index contributed by atoms with van der Waals surface area (Å²) in [5.74, 6) is 1.93. The summed E-state index contributed by atoms with van der Waals surface area (Å²) in [6.45, 7) is 6.81. The molecule has 1 aromatic rings. The fraction of sp³-hybridized carbons (Fsp3) is 0.750. The number of carbonyl (C=O) groups is 2. The first kappa shape index (κ1) is 22.2. The summed E-state index contributed by atoms with van der Waals surface area (Å²) in [6, 6.07) is 0.955. The average molecular weight is 428 g/mol. The minimum Gasteiger partial charge on any atom is -0.341 e. The number of hydrogen-bond donors (Lipinski definition) is 0. The van der Waals surface area contributed by atoms with Gasteiger partial charge in [0.15, 0.2) is 0 Å². The standard InChI is InChI=1S/C24H37N5O2/c1-16(2)22(30)18-7-5-17(6-8-18)13-28(4)23(31)19-11-25-24(26-12-19)29-20-9-10-21(29)15-27(3)14-20/h11-12,16-18,20-21H,5-10,13-15H2,1-4H3. The molecule has 2 unspecified atom stereocenters. The van der Waals surface area contributed by atoms with Gasteiger partial charge in [-0.25, -0.2) is 9.97 Å². The highest BCUT2D eigenvalue weighted by molar-refractivity contribution is 5.93. The van der Waals surface area contributed by atoms with E-state index in [0.717, 1.165) is 51.3 Å². The highest BCUT2D eigenvalue weighted by Gasteiger charge is 2.40. The lowest BCUT2D eigenvalue weighted by molar-refractivity contribution is -0.127. The van der Waals surface area contributed by atoms with Crippen molar-refractivity contribution >= 4 is 17.6 Å². The lowest BCUT2D eigenvalue weighted by Crippen LogP contribution is -2.53. The van der Waals surface area contributed by atoms with Crippen LogP contribution in [0.4, 0.5) is 5.95 Å². The average Bonchev–Trinajstić information content (AvgIpc) is 3.04. The van der Waals surface area contributed by atoms with E-state index in [1.165, 1.54) is 12.8 Å². The molecular formula is C24H37N5O2. The topological polar surface area (TPSA) is 69.6 Å². The zero-order valence-corrected chi connectivity index (χ0v) is 19.5. The van der Waals surface area contributed by atoms with Crippen LogP contribution in [0.1, 0.15) is 62.7 Å². The van der Waals surface area contributed by atoms with Gasteiger partial charge in [0.05, 0.1) is 5.56 Å². The van der Waals surface area contributed by atoms with Gasteiger partial charge >= 0.3 is 0 Å². The predicted octanol–water partition coefficient (Wildman–Crippen LogP) is 2.86. The predicted molar refractivity (Wildman–Crippen MR) is 121 cm³/mol. The molecule has 0 spiro atoms. The summed E-state index contributed by atoms with van der Waals surface area (Å²) >= 11 is 0. The van der Waals surface area contributed by atoms with Crippen LogP contribution in [-0.2, 0) is 4.79 Å². The van der Waals surface area contributed by atoms with Gasteiger partial charge in [0.25, 0.3) is 5.91 Å². The molecule has 4 rings (SSSR count). The number of nitrogens with zero attached hydrogens (tertiary/aromatic N) is 5. The Morgan fingerprint density at radius 2 is 1.61 bits per heavy atom. The molecule has 0 N–H and O–H groups in total. The van der Waals surface area contributed by atoms with Crippen LogP contribution in [0.15, 0.2) is 12.4 Å². The number of hydrogen-bond acceptors (Lipinski definition) is 6. The van der Waals surface area contributed by atoms with Gasteiger partial charge in [0, 0.05) is 63.0 Å². The van der Waals surface area contributed by atoms with Gasteiger partial charge < -0.3 is 14.7 Å². The number of likely N-dealkylation sites (N-methyl/N-ethyl adjacent to an activating group) is 1. The Morgan fingerprint density at radius 3 is 2.16 bits per heavy atom. The molecular weight excluding hydrogens is 390 g/mol. The summed E-state index contributed by atoms with van der Waals surface area (Å²) in [5.41, 5.74) is 0.552. The van der Waals surface area contributed by atoms with E-state index in [-0.39, 0.29) is 17.7 Å². The first-order valence-electron chi connectivity index (χ1n) is 11.9. The Balaban J connectivity index is 1.31. The van der Waals surface area contributed by atoms with Crippen molar-refractivity contribution in [2.24, 2.45) is 17.8 Å². The summed E-state index contributed by atoms with van der Waals surface area (Å²) in [4.78, 5) is 40.9. The molecule has 2 bridgehead atoms. The van der Waals surface area contributed by atoms with E-state index >= 15 is 0 Å². The van der Waals surface area contributed by atoms with Crippen LogP contribution in [0.5, 0.6) is 0 Å². The maximum atomic E-state index is 12.9. The number of Topliss-reactive ketones (excluding diaryl/α,β-unsaturated/α-hetero) is 1. The van der Waals surface area contributed by atoms with Crippen LogP contribution in [-0.4, -0.2) is 77.3 Å². The Bertz CT molecular complexity index is 774. The van der Waals surface area contributed by atoms with Crippen LogP contribution < -0.4 is 4.90 Å². The zero-order chi connectivity index (χ0) is 22.1. The van der Waals surface area contributed by atoms with Crippen molar-refractivity contribution in [3.8, 4) is 0 Å². The van der Waals surface area contributed by atoms with Gasteiger partial charge in [-0.3, -0.25) is 9.59 Å². The van der Waals surface area contributed by atoms with Crippen LogP contribution in [0, 0.1) is 17.8 Å². The second kappa shape index (κ2) is 9.23. The molecule has 7 heteroatoms. The Kier molecular flexibility index (Phi) is 6.60. The first-order chi connectivity index (χ1) is 14.8. The highest BCUT2D eigenvalue weighted by Crippen LogP contribution is 2.33. The number of likely N-dealkylation sites (tertiary alicyclic amines) is 1. The number of amides is 1. The number of rotatable bonds is 6. The summed E-state index contributed by atoms with van der Waals surface area (Å²) in [6.07, 6.45) is 9.70. The van der Waals surface area contributed by atoms with E-state index in [0.29, 0.717) is 29.3 Å². The number of piperazine rings is 1. The molecule has 7 nitrogen and oxygen atoms in total. The highest BCUT2D eigenvalue weighted by atomic mass is 16.2. The smallest absolute Gasteiger partial charge is 0.256 e. The van der Waals surface area contributed by atoms with Crippen molar-refractivity contribution in [3.63, 3.8) is 0 Å². The van der Waals surface area contributed by atoms with E-state index in [1.54, 1.807) is 17.3 Å². The molecule has 1 aromatic heterocycles. The molecule has 31 heavy (non-hydrogen) atoms. The number of carbonyl (C=O) groups excluding carboxylic acids is 2. The molecule has 3 fully saturated rings. The van der Waals surface area contributed by atoms with E-state index in [9.17, 15) is 9.59 Å². The van der Waals surface area contributed by atoms with Crippen molar-refractivity contribution in [1.29, 1.82) is 0 Å². The molecule has 2 aliphatic heterocycles. The van der Waals surface area contributed by atoms with Gasteiger partial charge in [-0.1, -0.05) is 13.8 Å². The molecule has 1 saturated carbocycles. The molecule has 1 aliphatic carbocycles. The van der Waals surface area contributed by atoms with E-state index in [1.807, 2.05) is 20.9 Å². The van der Waals surface area contributed by atoms with Gasteiger partial charge in [0.1, 0.15) is 5.78 Å². The van der Waals surface area contributed by atoms with Crippen molar-refractivity contribution in [2.45, 2.75) is 64.5 Å². The molecule has 0 radical (unpaired) electrons. The number of aromatic nitrogens is 2. The molecule has 1 amide bonds. The minimum atomic E-state index is -0.0201. The number of fused-ring (bicyclic) bond motifs is 2. The normalized spacial score (nSPS) is 28.7. The zero-order valence-electron chi connectivity index (χ0n) is 19.5. The van der Waals surface area contributed by atoms with E-state index < -0.39 is 0 Å². The second-order valence-electron chi connectivity index (χ2n) is 10.2. The molecule has 0 aromatic carbocycles. The molecule has 3 heterocycles. The van der Waals surface area contributed by atoms with Crippen LogP contribution in [0.3, 0.4) is 0 Å². The van der Waals surface area contributed by atoms with Gasteiger partial charge in [0.2, 0.25) is 5.95 Å². The minimum absolute atomic E-state index is 0.0201. The van der Waals surface area contributed by atoms with E-state index in [2.05, 4.69) is 26.8 Å². The Hall–Kier alpha value is -2.02. The van der Waals surface area contributed by atoms with Crippen molar-refractivity contribution < 1.29 is 9.59 Å². The lowest BCUT2D eigenvalue weighted by atomic mass is 9.77. The quantitative estimate of drug-likeness (QED) is 0.695. The van der Waals surface area contributed by atoms with Crippen molar-refractivity contribution in [3.05, 3.63) is 18.0 Å². The Morgan fingerprint density at radius 1 is 1.03 bits per heavy atom. The van der Waals surface area contributed by atoms with Crippen molar-refractivity contribution in [1.82, 2.24) is 19.8 Å². The Labute approximate surface area is 186 Å². The summed E-state index contributed by atoms with van der Waals surface area (Å²) in [7, 11) is 4.04. The monoisotopic (exact) mass is 427 g/mol. The molecule has 3 aliphatic rings. The maximum absolute atomic E-state index is 12.9. The fourth-order valence-corrected chi connectivity index (χ4v) is 5.80. The van der Waals surface area contributed by atoms with Gasteiger partial charge in [-0.2, -0.15) is 0 Å². The lowest BCUT2D eigenvalue weighted by Gasteiger charge is -2.39. The van der Waals surface area contributed by atoms with Crippen LogP contribution in [0.25, 0.3) is 0 Å². The molecule has 2 saturated heterocycles. The van der Waals surface area contributed by atoms with Gasteiger partial charge in [-0.15, -0.1) is 0 Å². The number of ketones is 1.